The van der Waals surface area contributed by atoms with Crippen LogP contribution in [0.25, 0.3) is 0 Å². The molecule has 0 aliphatic carbocycles. The molecular weight excluding hydrogens is 226 g/mol. The van der Waals surface area contributed by atoms with Crippen molar-refractivity contribution >= 4 is 11.7 Å². The number of anilines is 1. The lowest BCUT2D eigenvalue weighted by Crippen LogP contribution is -2.38. The Morgan fingerprint density at radius 2 is 1.89 bits per heavy atom. The highest BCUT2D eigenvalue weighted by Gasteiger charge is 2.19. The van der Waals surface area contributed by atoms with E-state index >= 15 is 0 Å². The number of hydrogen-bond donors (Lipinski definition) is 1. The summed E-state index contributed by atoms with van der Waals surface area (Å²) >= 11 is 0. The average Bonchev–Trinajstić information content (AvgIpc) is 2.38. The Morgan fingerprint density at radius 1 is 1.28 bits per heavy atom. The molecule has 1 N–H and O–H groups in total. The van der Waals surface area contributed by atoms with Gasteiger partial charge in [0.25, 0.3) is 0 Å². The maximum absolute atomic E-state index is 11.0. The molecule has 3 nitrogen and oxygen atoms in total. The fraction of sp³-hybridized carbons (Fsp3) is 0.533. The van der Waals surface area contributed by atoms with E-state index in [0.717, 1.165) is 12.1 Å². The molecule has 0 saturated carbocycles. The Bertz CT molecular complexity index is 373. The van der Waals surface area contributed by atoms with Gasteiger partial charge in [-0.3, -0.25) is 0 Å². The van der Waals surface area contributed by atoms with Crippen LogP contribution < -0.4 is 4.90 Å². The molecule has 0 aliphatic heterocycles. The Kier molecular flexibility index (Phi) is 5.69. The van der Waals surface area contributed by atoms with Crippen LogP contribution in [0.15, 0.2) is 24.3 Å². The van der Waals surface area contributed by atoms with Crippen molar-refractivity contribution in [3.05, 3.63) is 29.8 Å². The summed E-state index contributed by atoms with van der Waals surface area (Å²) in [6.07, 6.45) is 3.48. The summed E-state index contributed by atoms with van der Waals surface area (Å²) in [4.78, 5) is 12.9. The molecule has 1 atom stereocenters. The third kappa shape index (κ3) is 3.76. The molecule has 0 radical (unpaired) electrons. The number of carbonyl (C=O) groups is 1. The molecule has 1 aromatic carbocycles. The first-order chi connectivity index (χ1) is 8.60. The van der Waals surface area contributed by atoms with Gasteiger partial charge in [-0.2, -0.15) is 0 Å². The number of benzene rings is 1. The fourth-order valence-electron chi connectivity index (χ4n) is 2.05. The van der Waals surface area contributed by atoms with Crippen molar-refractivity contribution in [1.29, 1.82) is 0 Å². The van der Waals surface area contributed by atoms with Gasteiger partial charge in [0.15, 0.2) is 0 Å². The first kappa shape index (κ1) is 14.6. The molecule has 0 fully saturated rings. The van der Waals surface area contributed by atoms with Crippen molar-refractivity contribution < 1.29 is 9.90 Å². The number of likely N-dealkylation sites (N-methyl/N-ethyl adjacent to an activating group) is 1. The molecule has 0 bridgehead atoms. The standard InChI is InChI=1S/C15H23NO2/c1-4-6-7-13-8-10-14(11-9-13)16(5-2)12(3)15(17)18/h8-12H,4-7H2,1-3H3,(H,17,18). The minimum atomic E-state index is -0.785. The van der Waals surface area contributed by atoms with Crippen molar-refractivity contribution in [1.82, 2.24) is 0 Å². The van der Waals surface area contributed by atoms with E-state index in [1.165, 1.54) is 18.4 Å². The van der Waals surface area contributed by atoms with E-state index < -0.39 is 12.0 Å². The Hall–Kier alpha value is -1.51. The largest absolute Gasteiger partial charge is 0.480 e. The summed E-state index contributed by atoms with van der Waals surface area (Å²) in [7, 11) is 0. The smallest absolute Gasteiger partial charge is 0.326 e. The molecule has 1 unspecified atom stereocenters. The molecule has 1 aromatic rings. The van der Waals surface area contributed by atoms with E-state index in [-0.39, 0.29) is 0 Å². The second-order valence-corrected chi connectivity index (χ2v) is 4.57. The van der Waals surface area contributed by atoms with Crippen LogP contribution in [0.3, 0.4) is 0 Å². The van der Waals surface area contributed by atoms with Crippen LogP contribution in [-0.4, -0.2) is 23.7 Å². The number of rotatable bonds is 7. The van der Waals surface area contributed by atoms with Crippen molar-refractivity contribution in [3.63, 3.8) is 0 Å². The van der Waals surface area contributed by atoms with Crippen LogP contribution >= 0.6 is 0 Å². The maximum Gasteiger partial charge on any atom is 0.326 e. The Labute approximate surface area is 109 Å². The number of nitrogens with zero attached hydrogens (tertiary/aromatic N) is 1. The third-order valence-corrected chi connectivity index (χ3v) is 3.25. The van der Waals surface area contributed by atoms with E-state index in [9.17, 15) is 4.79 Å². The lowest BCUT2D eigenvalue weighted by molar-refractivity contribution is -0.138. The molecule has 0 heterocycles. The van der Waals surface area contributed by atoms with Crippen LogP contribution in [0.1, 0.15) is 39.2 Å². The van der Waals surface area contributed by atoms with Gasteiger partial charge < -0.3 is 10.0 Å². The molecule has 0 aliphatic rings. The van der Waals surface area contributed by atoms with Crippen LogP contribution in [-0.2, 0) is 11.2 Å². The quantitative estimate of drug-likeness (QED) is 0.805. The number of carboxylic acids is 1. The number of carboxylic acid groups (broad SMARTS) is 1. The molecule has 100 valence electrons. The van der Waals surface area contributed by atoms with Crippen LogP contribution in [0.5, 0.6) is 0 Å². The van der Waals surface area contributed by atoms with Crippen molar-refractivity contribution in [2.75, 3.05) is 11.4 Å². The van der Waals surface area contributed by atoms with Gasteiger partial charge in [-0.1, -0.05) is 25.5 Å². The van der Waals surface area contributed by atoms with Crippen LogP contribution in [0, 0.1) is 0 Å². The molecule has 1 rings (SSSR count). The summed E-state index contributed by atoms with van der Waals surface area (Å²) in [5, 5.41) is 9.07. The van der Waals surface area contributed by atoms with Gasteiger partial charge in [0.1, 0.15) is 6.04 Å². The molecule has 0 aromatic heterocycles. The SMILES string of the molecule is CCCCc1ccc(N(CC)C(C)C(=O)O)cc1. The zero-order valence-electron chi connectivity index (χ0n) is 11.5. The summed E-state index contributed by atoms with van der Waals surface area (Å²) in [6.45, 7) is 6.57. The van der Waals surface area contributed by atoms with Gasteiger partial charge in [0, 0.05) is 12.2 Å². The number of aryl methyl sites for hydroxylation is 1. The van der Waals surface area contributed by atoms with E-state index in [2.05, 4.69) is 19.1 Å². The van der Waals surface area contributed by atoms with Gasteiger partial charge in [-0.05, 0) is 44.4 Å². The first-order valence-corrected chi connectivity index (χ1v) is 6.68. The molecular formula is C15H23NO2. The number of unbranched alkanes of at least 4 members (excludes halogenated alkanes) is 1. The first-order valence-electron chi connectivity index (χ1n) is 6.68. The minimum absolute atomic E-state index is 0.489. The zero-order valence-corrected chi connectivity index (χ0v) is 11.5. The highest BCUT2D eigenvalue weighted by atomic mass is 16.4. The highest BCUT2D eigenvalue weighted by Crippen LogP contribution is 2.18. The Balaban J connectivity index is 2.78. The zero-order chi connectivity index (χ0) is 13.5. The predicted molar refractivity (Wildman–Crippen MR) is 75.2 cm³/mol. The van der Waals surface area contributed by atoms with E-state index in [0.29, 0.717) is 6.54 Å². The van der Waals surface area contributed by atoms with Gasteiger partial charge >= 0.3 is 5.97 Å². The van der Waals surface area contributed by atoms with E-state index in [1.807, 2.05) is 24.0 Å². The van der Waals surface area contributed by atoms with Crippen molar-refractivity contribution in [2.24, 2.45) is 0 Å². The van der Waals surface area contributed by atoms with Crippen LogP contribution in [0.2, 0.25) is 0 Å². The van der Waals surface area contributed by atoms with E-state index in [1.54, 1.807) is 6.92 Å². The van der Waals surface area contributed by atoms with E-state index in [4.69, 9.17) is 5.11 Å². The fourth-order valence-corrected chi connectivity index (χ4v) is 2.05. The number of aliphatic carboxylic acids is 1. The number of hydrogen-bond acceptors (Lipinski definition) is 2. The monoisotopic (exact) mass is 249 g/mol. The topological polar surface area (TPSA) is 40.5 Å². The second kappa shape index (κ2) is 7.04. The van der Waals surface area contributed by atoms with Crippen molar-refractivity contribution in [3.8, 4) is 0 Å². The van der Waals surface area contributed by atoms with Gasteiger partial charge in [0.05, 0.1) is 0 Å². The van der Waals surface area contributed by atoms with Crippen molar-refractivity contribution in [2.45, 2.75) is 46.1 Å². The normalized spacial score (nSPS) is 12.2. The maximum atomic E-state index is 11.0. The summed E-state index contributed by atoms with van der Waals surface area (Å²) in [5.74, 6) is -0.785. The molecule has 0 spiro atoms. The lowest BCUT2D eigenvalue weighted by atomic mass is 10.1. The molecule has 0 saturated heterocycles. The summed E-state index contributed by atoms with van der Waals surface area (Å²) < 4.78 is 0. The highest BCUT2D eigenvalue weighted by molar-refractivity contribution is 5.77. The predicted octanol–water partition coefficient (Wildman–Crippen LogP) is 3.33. The van der Waals surface area contributed by atoms with Crippen LogP contribution in [0.4, 0.5) is 5.69 Å². The van der Waals surface area contributed by atoms with Gasteiger partial charge in [-0.25, -0.2) is 4.79 Å². The summed E-state index contributed by atoms with van der Waals surface area (Å²) in [5.41, 5.74) is 2.30. The lowest BCUT2D eigenvalue weighted by Gasteiger charge is -2.27. The average molecular weight is 249 g/mol. The third-order valence-electron chi connectivity index (χ3n) is 3.25. The Morgan fingerprint density at radius 3 is 2.33 bits per heavy atom. The minimum Gasteiger partial charge on any atom is -0.480 e. The molecule has 3 heteroatoms. The summed E-state index contributed by atoms with van der Waals surface area (Å²) in [6, 6.07) is 7.75. The second-order valence-electron chi connectivity index (χ2n) is 4.57. The molecule has 18 heavy (non-hydrogen) atoms. The molecule has 0 amide bonds. The van der Waals surface area contributed by atoms with Gasteiger partial charge in [0.2, 0.25) is 0 Å². The van der Waals surface area contributed by atoms with Gasteiger partial charge in [-0.15, -0.1) is 0 Å².